The molecule has 0 radical (unpaired) electrons. The molecule has 0 bridgehead atoms. The van der Waals surface area contributed by atoms with Crippen LogP contribution in [0.1, 0.15) is 13.3 Å². The normalized spacial score (nSPS) is 11.6. The van der Waals surface area contributed by atoms with Gasteiger partial charge in [-0.1, -0.05) is 18.5 Å². The van der Waals surface area contributed by atoms with E-state index in [9.17, 15) is 13.2 Å². The van der Waals surface area contributed by atoms with Gasteiger partial charge in [0.25, 0.3) is 0 Å². The summed E-state index contributed by atoms with van der Waals surface area (Å²) in [6.45, 7) is 1.71. The highest BCUT2D eigenvalue weighted by Gasteiger charge is 2.26. The van der Waals surface area contributed by atoms with Crippen molar-refractivity contribution in [2.24, 2.45) is 0 Å². The van der Waals surface area contributed by atoms with Crippen LogP contribution in [0.2, 0.25) is 5.15 Å². The SMILES string of the molecule is CCCN(CC(=O)OC)S(=O)(=O)c1ccnc(Cl)c1. The minimum absolute atomic E-state index is 0.00449. The number of ether oxygens (including phenoxy) is 1. The average molecular weight is 307 g/mol. The molecule has 0 aliphatic carbocycles. The number of aromatic nitrogens is 1. The Kier molecular flexibility index (Phi) is 5.71. The second kappa shape index (κ2) is 6.83. The van der Waals surface area contributed by atoms with Gasteiger partial charge in [-0.2, -0.15) is 4.31 Å². The van der Waals surface area contributed by atoms with Gasteiger partial charge in [-0.15, -0.1) is 0 Å². The fraction of sp³-hybridized carbons (Fsp3) is 0.455. The quantitative estimate of drug-likeness (QED) is 0.585. The number of hydrogen-bond acceptors (Lipinski definition) is 5. The van der Waals surface area contributed by atoms with Crippen molar-refractivity contribution in [2.45, 2.75) is 18.2 Å². The summed E-state index contributed by atoms with van der Waals surface area (Å²) in [6.07, 6.45) is 1.88. The standard InChI is InChI=1S/C11H15ClN2O4S/c1-3-6-14(8-11(15)18-2)19(16,17)9-4-5-13-10(12)7-9/h4-5,7H,3,6,8H2,1-2H3. The monoisotopic (exact) mass is 306 g/mol. The third kappa shape index (κ3) is 4.15. The Morgan fingerprint density at radius 3 is 2.74 bits per heavy atom. The second-order valence-electron chi connectivity index (χ2n) is 3.73. The van der Waals surface area contributed by atoms with Gasteiger partial charge in [0.1, 0.15) is 11.7 Å². The van der Waals surface area contributed by atoms with E-state index in [-0.39, 0.29) is 23.1 Å². The van der Waals surface area contributed by atoms with Crippen molar-refractivity contribution in [2.75, 3.05) is 20.2 Å². The second-order valence-corrected chi connectivity index (χ2v) is 6.05. The zero-order valence-corrected chi connectivity index (χ0v) is 12.2. The van der Waals surface area contributed by atoms with Crippen LogP contribution in [0.25, 0.3) is 0 Å². The van der Waals surface area contributed by atoms with Gasteiger partial charge in [0, 0.05) is 12.7 Å². The van der Waals surface area contributed by atoms with Crippen molar-refractivity contribution < 1.29 is 17.9 Å². The van der Waals surface area contributed by atoms with Crippen LogP contribution in [0.15, 0.2) is 23.2 Å². The number of hydrogen-bond donors (Lipinski definition) is 0. The smallest absolute Gasteiger partial charge is 0.321 e. The third-order valence-corrected chi connectivity index (χ3v) is 4.39. The van der Waals surface area contributed by atoms with Crippen LogP contribution < -0.4 is 0 Å². The predicted octanol–water partition coefficient (Wildman–Crippen LogP) is 1.31. The fourth-order valence-corrected chi connectivity index (χ4v) is 3.16. The molecule has 0 unspecified atom stereocenters. The molecular weight excluding hydrogens is 292 g/mol. The lowest BCUT2D eigenvalue weighted by Gasteiger charge is -2.20. The first-order chi connectivity index (χ1) is 8.91. The lowest BCUT2D eigenvalue weighted by atomic mass is 10.5. The number of esters is 1. The molecule has 0 amide bonds. The molecule has 0 spiro atoms. The highest BCUT2D eigenvalue weighted by atomic mass is 35.5. The van der Waals surface area contributed by atoms with Crippen LogP contribution in [0, 0.1) is 0 Å². The Balaban J connectivity index is 3.09. The Morgan fingerprint density at radius 1 is 1.53 bits per heavy atom. The van der Waals surface area contributed by atoms with Gasteiger partial charge < -0.3 is 4.74 Å². The zero-order valence-electron chi connectivity index (χ0n) is 10.7. The molecule has 0 aliphatic heterocycles. The highest BCUT2D eigenvalue weighted by Crippen LogP contribution is 2.18. The van der Waals surface area contributed by atoms with E-state index < -0.39 is 16.0 Å². The number of methoxy groups -OCH3 is 1. The minimum atomic E-state index is -3.78. The van der Waals surface area contributed by atoms with E-state index in [1.54, 1.807) is 0 Å². The maximum Gasteiger partial charge on any atom is 0.321 e. The summed E-state index contributed by atoms with van der Waals surface area (Å²) >= 11 is 5.68. The number of carbonyl (C=O) groups is 1. The number of carbonyl (C=O) groups excluding carboxylic acids is 1. The van der Waals surface area contributed by atoms with Crippen molar-refractivity contribution in [1.82, 2.24) is 9.29 Å². The molecule has 0 aliphatic rings. The molecule has 8 heteroatoms. The number of nitrogens with zero attached hydrogens (tertiary/aromatic N) is 2. The maximum absolute atomic E-state index is 12.4. The van der Waals surface area contributed by atoms with Gasteiger partial charge in [0.05, 0.1) is 12.0 Å². The Labute approximate surface area is 117 Å². The average Bonchev–Trinajstić information content (AvgIpc) is 2.38. The molecule has 1 aromatic rings. The van der Waals surface area contributed by atoms with Crippen molar-refractivity contribution in [3.05, 3.63) is 23.5 Å². The van der Waals surface area contributed by atoms with E-state index in [4.69, 9.17) is 11.6 Å². The fourth-order valence-electron chi connectivity index (χ4n) is 1.44. The van der Waals surface area contributed by atoms with E-state index in [2.05, 4.69) is 9.72 Å². The summed E-state index contributed by atoms with van der Waals surface area (Å²) in [4.78, 5) is 15.0. The molecule has 1 rings (SSSR count). The first-order valence-electron chi connectivity index (χ1n) is 5.60. The highest BCUT2D eigenvalue weighted by molar-refractivity contribution is 7.89. The first-order valence-corrected chi connectivity index (χ1v) is 7.42. The molecule has 106 valence electrons. The molecule has 19 heavy (non-hydrogen) atoms. The van der Waals surface area contributed by atoms with E-state index in [0.717, 1.165) is 4.31 Å². The van der Waals surface area contributed by atoms with Crippen molar-refractivity contribution in [1.29, 1.82) is 0 Å². The van der Waals surface area contributed by atoms with Crippen LogP contribution in [0.5, 0.6) is 0 Å². The number of rotatable bonds is 6. The Morgan fingerprint density at radius 2 is 2.21 bits per heavy atom. The van der Waals surface area contributed by atoms with Crippen molar-refractivity contribution >= 4 is 27.6 Å². The Hall–Kier alpha value is -1.18. The van der Waals surface area contributed by atoms with Crippen LogP contribution >= 0.6 is 11.6 Å². The number of pyridine rings is 1. The van der Waals surface area contributed by atoms with E-state index in [1.165, 1.54) is 25.4 Å². The summed E-state index contributed by atoms with van der Waals surface area (Å²) in [5.41, 5.74) is 0. The minimum Gasteiger partial charge on any atom is -0.468 e. The first kappa shape index (κ1) is 15.9. The van der Waals surface area contributed by atoms with Gasteiger partial charge in [0.15, 0.2) is 0 Å². The molecule has 1 heterocycles. The lowest BCUT2D eigenvalue weighted by Crippen LogP contribution is -2.36. The molecule has 0 fully saturated rings. The van der Waals surface area contributed by atoms with Gasteiger partial charge >= 0.3 is 5.97 Å². The molecule has 1 aromatic heterocycles. The summed E-state index contributed by atoms with van der Waals surface area (Å²) in [5, 5.41) is 0.0793. The molecule has 0 N–H and O–H groups in total. The summed E-state index contributed by atoms with van der Waals surface area (Å²) < 4.78 is 30.3. The van der Waals surface area contributed by atoms with Crippen LogP contribution in [-0.4, -0.2) is 43.9 Å². The van der Waals surface area contributed by atoms with Gasteiger partial charge in [0.2, 0.25) is 10.0 Å². The number of halogens is 1. The van der Waals surface area contributed by atoms with Crippen LogP contribution in [0.4, 0.5) is 0 Å². The number of sulfonamides is 1. The molecule has 0 atom stereocenters. The summed E-state index contributed by atoms with van der Waals surface area (Å²) in [5.74, 6) is -0.614. The molecule has 0 saturated heterocycles. The van der Waals surface area contributed by atoms with Crippen molar-refractivity contribution in [3.63, 3.8) is 0 Å². The zero-order chi connectivity index (χ0) is 14.5. The predicted molar refractivity (Wildman–Crippen MR) is 70.3 cm³/mol. The topological polar surface area (TPSA) is 76.6 Å². The summed E-state index contributed by atoms with van der Waals surface area (Å²) in [7, 11) is -2.57. The van der Waals surface area contributed by atoms with Gasteiger partial charge in [-0.3, -0.25) is 4.79 Å². The molecule has 0 saturated carbocycles. The third-order valence-electron chi connectivity index (χ3n) is 2.34. The van der Waals surface area contributed by atoms with Gasteiger partial charge in [-0.25, -0.2) is 13.4 Å². The van der Waals surface area contributed by atoms with Crippen molar-refractivity contribution in [3.8, 4) is 0 Å². The molecular formula is C11H15ClN2O4S. The lowest BCUT2D eigenvalue weighted by molar-refractivity contribution is -0.140. The van der Waals surface area contributed by atoms with E-state index >= 15 is 0 Å². The van der Waals surface area contributed by atoms with Gasteiger partial charge in [-0.05, 0) is 18.6 Å². The van der Waals surface area contributed by atoms with Crippen LogP contribution in [-0.2, 0) is 19.6 Å². The Bertz CT molecular complexity index is 547. The molecule has 0 aromatic carbocycles. The van der Waals surface area contributed by atoms with E-state index in [1.807, 2.05) is 6.92 Å². The summed E-state index contributed by atoms with van der Waals surface area (Å²) in [6, 6.07) is 2.58. The largest absolute Gasteiger partial charge is 0.468 e. The maximum atomic E-state index is 12.4. The van der Waals surface area contributed by atoms with E-state index in [0.29, 0.717) is 6.42 Å². The van der Waals surface area contributed by atoms with Crippen LogP contribution in [0.3, 0.4) is 0 Å². The molecule has 6 nitrogen and oxygen atoms in total.